The Bertz CT molecular complexity index is 468. The molecule has 3 fully saturated rings. The lowest BCUT2D eigenvalue weighted by Crippen LogP contribution is -3.12. The number of carbonyl (C=O) groups excluding carboxylic acids is 2. The number of ether oxygens (including phenoxy) is 1. The minimum atomic E-state index is -0.927. The van der Waals surface area contributed by atoms with Crippen LogP contribution in [-0.4, -0.2) is 55.6 Å². The van der Waals surface area contributed by atoms with E-state index in [1.54, 1.807) is 0 Å². The van der Waals surface area contributed by atoms with Gasteiger partial charge in [-0.05, 0) is 19.8 Å². The second-order valence-corrected chi connectivity index (χ2v) is 7.42. The average molecular weight is 281 g/mol. The van der Waals surface area contributed by atoms with Crippen LogP contribution in [0.25, 0.3) is 0 Å². The first-order valence-corrected chi connectivity index (χ1v) is 7.59. The molecule has 0 aromatic carbocycles. The van der Waals surface area contributed by atoms with Crippen molar-refractivity contribution in [2.45, 2.75) is 39.2 Å². The van der Waals surface area contributed by atoms with Gasteiger partial charge in [0.05, 0.1) is 38.6 Å². The third kappa shape index (κ3) is 1.42. The van der Waals surface area contributed by atoms with Gasteiger partial charge in [-0.1, -0.05) is 13.8 Å². The number of esters is 1. The lowest BCUT2D eigenvalue weighted by atomic mass is 9.66. The fourth-order valence-corrected chi connectivity index (χ4v) is 4.07. The van der Waals surface area contributed by atoms with Gasteiger partial charge in [-0.2, -0.15) is 0 Å². The molecule has 0 aromatic heterocycles. The van der Waals surface area contributed by atoms with Crippen LogP contribution in [0.4, 0.5) is 0 Å². The Hall–Kier alpha value is -1.10. The van der Waals surface area contributed by atoms with Crippen molar-refractivity contribution in [2.24, 2.45) is 10.8 Å². The number of rotatable bonds is 1. The molecular formula is C15H25N2O3+. The van der Waals surface area contributed by atoms with Crippen molar-refractivity contribution in [1.29, 1.82) is 0 Å². The Morgan fingerprint density at radius 1 is 1.20 bits per heavy atom. The monoisotopic (exact) mass is 281 g/mol. The van der Waals surface area contributed by atoms with Gasteiger partial charge in [-0.25, -0.2) is 0 Å². The van der Waals surface area contributed by atoms with E-state index < -0.39 is 16.4 Å². The van der Waals surface area contributed by atoms with Crippen molar-refractivity contribution in [3.8, 4) is 0 Å². The second kappa shape index (κ2) is 3.97. The molecular weight excluding hydrogens is 256 g/mol. The SMILES string of the molecule is C[NH+]1CCN(C(=O)[C@]23CC[C@](C)(C(=O)O2)C3(C)C)CC1. The summed E-state index contributed by atoms with van der Waals surface area (Å²) in [5.74, 6) is -0.161. The van der Waals surface area contributed by atoms with Gasteiger partial charge in [0.2, 0.25) is 0 Å². The number of likely N-dealkylation sites (N-methyl/N-ethyl adjacent to an activating group) is 1. The van der Waals surface area contributed by atoms with E-state index in [0.29, 0.717) is 6.42 Å². The van der Waals surface area contributed by atoms with Crippen LogP contribution in [0.15, 0.2) is 0 Å². The van der Waals surface area contributed by atoms with E-state index >= 15 is 0 Å². The lowest BCUT2D eigenvalue weighted by molar-refractivity contribution is -0.883. The van der Waals surface area contributed by atoms with E-state index in [9.17, 15) is 9.59 Å². The van der Waals surface area contributed by atoms with Gasteiger partial charge in [0, 0.05) is 5.41 Å². The average Bonchev–Trinajstić information content (AvgIpc) is 2.69. The molecule has 2 saturated heterocycles. The summed E-state index contributed by atoms with van der Waals surface area (Å²) in [7, 11) is 2.15. The van der Waals surface area contributed by atoms with E-state index in [1.165, 1.54) is 4.90 Å². The number of hydrogen-bond acceptors (Lipinski definition) is 3. The molecule has 1 aliphatic carbocycles. The number of amides is 1. The highest BCUT2D eigenvalue weighted by atomic mass is 16.6. The van der Waals surface area contributed by atoms with E-state index in [2.05, 4.69) is 7.05 Å². The molecule has 2 atom stereocenters. The van der Waals surface area contributed by atoms with E-state index in [4.69, 9.17) is 4.74 Å². The predicted molar refractivity (Wildman–Crippen MR) is 73.1 cm³/mol. The van der Waals surface area contributed by atoms with Gasteiger partial charge in [-0.15, -0.1) is 0 Å². The Balaban J connectivity index is 1.90. The number of fused-ring (bicyclic) bond motifs is 2. The Morgan fingerprint density at radius 2 is 1.80 bits per heavy atom. The molecule has 5 nitrogen and oxygen atoms in total. The Kier molecular flexibility index (Phi) is 2.75. The van der Waals surface area contributed by atoms with Gasteiger partial charge < -0.3 is 14.5 Å². The van der Waals surface area contributed by atoms with Crippen molar-refractivity contribution >= 4 is 11.9 Å². The molecule has 3 rings (SSSR count). The summed E-state index contributed by atoms with van der Waals surface area (Å²) in [6.07, 6.45) is 1.42. The van der Waals surface area contributed by atoms with Crippen molar-refractivity contribution in [2.75, 3.05) is 33.2 Å². The van der Waals surface area contributed by atoms with Crippen LogP contribution < -0.4 is 4.90 Å². The third-order valence-electron chi connectivity index (χ3n) is 6.33. The summed E-state index contributed by atoms with van der Waals surface area (Å²) in [5.41, 5.74) is -1.87. The first kappa shape index (κ1) is 13.9. The van der Waals surface area contributed by atoms with Crippen LogP contribution in [0, 0.1) is 10.8 Å². The molecule has 0 radical (unpaired) electrons. The van der Waals surface area contributed by atoms with Crippen molar-refractivity contribution < 1.29 is 19.2 Å². The largest absolute Gasteiger partial charge is 0.448 e. The second-order valence-electron chi connectivity index (χ2n) is 7.42. The summed E-state index contributed by atoms with van der Waals surface area (Å²) in [6.45, 7) is 9.44. The maximum Gasteiger partial charge on any atom is 0.313 e. The van der Waals surface area contributed by atoms with Crippen molar-refractivity contribution in [3.05, 3.63) is 0 Å². The summed E-state index contributed by atoms with van der Waals surface area (Å²) in [6, 6.07) is 0. The van der Waals surface area contributed by atoms with E-state index in [1.807, 2.05) is 25.7 Å². The summed E-state index contributed by atoms with van der Waals surface area (Å²) < 4.78 is 5.67. The van der Waals surface area contributed by atoms with Crippen LogP contribution in [0.2, 0.25) is 0 Å². The molecule has 112 valence electrons. The smallest absolute Gasteiger partial charge is 0.313 e. The summed E-state index contributed by atoms with van der Waals surface area (Å²) in [4.78, 5) is 28.6. The van der Waals surface area contributed by atoms with Crippen molar-refractivity contribution in [1.82, 2.24) is 4.90 Å². The van der Waals surface area contributed by atoms with Crippen LogP contribution >= 0.6 is 0 Å². The van der Waals surface area contributed by atoms with Crippen molar-refractivity contribution in [3.63, 3.8) is 0 Å². The third-order valence-corrected chi connectivity index (χ3v) is 6.33. The number of nitrogens with zero attached hydrogens (tertiary/aromatic N) is 1. The lowest BCUT2D eigenvalue weighted by Gasteiger charge is -2.40. The van der Waals surface area contributed by atoms with Crippen LogP contribution in [0.5, 0.6) is 0 Å². The van der Waals surface area contributed by atoms with Gasteiger partial charge in [0.25, 0.3) is 5.91 Å². The number of nitrogens with one attached hydrogen (secondary N) is 1. The van der Waals surface area contributed by atoms with Crippen LogP contribution in [-0.2, 0) is 14.3 Å². The fourth-order valence-electron chi connectivity index (χ4n) is 4.07. The number of piperazine rings is 1. The molecule has 20 heavy (non-hydrogen) atoms. The Labute approximate surface area is 120 Å². The molecule has 0 aromatic rings. The molecule has 1 saturated carbocycles. The molecule has 3 aliphatic rings. The maximum absolute atomic E-state index is 13.0. The molecule has 0 unspecified atom stereocenters. The maximum atomic E-state index is 13.0. The van der Waals surface area contributed by atoms with E-state index in [0.717, 1.165) is 32.6 Å². The van der Waals surface area contributed by atoms with Gasteiger partial charge in [-0.3, -0.25) is 9.59 Å². The van der Waals surface area contributed by atoms with Gasteiger partial charge in [0.1, 0.15) is 0 Å². The molecule has 1 N–H and O–H groups in total. The quantitative estimate of drug-likeness (QED) is 0.657. The molecule has 5 heteroatoms. The van der Waals surface area contributed by atoms with Crippen LogP contribution in [0.1, 0.15) is 33.6 Å². The molecule has 1 amide bonds. The fraction of sp³-hybridized carbons (Fsp3) is 0.867. The Morgan fingerprint density at radius 3 is 2.25 bits per heavy atom. The number of quaternary nitrogens is 1. The number of hydrogen-bond donors (Lipinski definition) is 1. The topological polar surface area (TPSA) is 51.0 Å². The normalized spacial score (nSPS) is 40.0. The minimum Gasteiger partial charge on any atom is -0.448 e. The van der Waals surface area contributed by atoms with Crippen LogP contribution in [0.3, 0.4) is 0 Å². The zero-order chi connectivity index (χ0) is 14.8. The number of carbonyl (C=O) groups is 2. The zero-order valence-corrected chi connectivity index (χ0v) is 12.9. The van der Waals surface area contributed by atoms with Gasteiger partial charge in [0.15, 0.2) is 5.60 Å². The molecule has 2 bridgehead atoms. The highest BCUT2D eigenvalue weighted by molar-refractivity contribution is 5.96. The van der Waals surface area contributed by atoms with E-state index in [-0.39, 0.29) is 11.9 Å². The first-order chi connectivity index (χ1) is 9.24. The zero-order valence-electron chi connectivity index (χ0n) is 12.9. The molecule has 0 spiro atoms. The predicted octanol–water partition coefficient (Wildman–Crippen LogP) is -0.535. The minimum absolute atomic E-state index is 0.0320. The molecule has 2 aliphatic heterocycles. The summed E-state index contributed by atoms with van der Waals surface area (Å²) in [5, 5.41) is 0. The first-order valence-electron chi connectivity index (χ1n) is 7.59. The highest BCUT2D eigenvalue weighted by Crippen LogP contribution is 2.65. The van der Waals surface area contributed by atoms with Gasteiger partial charge >= 0.3 is 5.97 Å². The molecule has 2 heterocycles. The summed E-state index contributed by atoms with van der Waals surface area (Å²) >= 11 is 0. The standard InChI is InChI=1S/C15H24N2O3/c1-13(2)14(3)5-6-15(13,20-12(14)19)11(18)17-9-7-16(4)8-10-17/h5-10H2,1-4H3/p+1/t14-,15+/m1/s1. The highest BCUT2D eigenvalue weighted by Gasteiger charge is 2.76.